The average molecular weight is 319 g/mol. The van der Waals surface area contributed by atoms with Crippen molar-refractivity contribution in [2.45, 2.75) is 58.2 Å². The van der Waals surface area contributed by atoms with Gasteiger partial charge in [-0.1, -0.05) is 12.1 Å². The van der Waals surface area contributed by atoms with Gasteiger partial charge in [-0.05, 0) is 51.0 Å². The lowest BCUT2D eigenvalue weighted by molar-refractivity contribution is -0.211. The second-order valence-electron chi connectivity index (χ2n) is 6.17. The number of aliphatic hydroxyl groups is 3. The van der Waals surface area contributed by atoms with Crippen molar-refractivity contribution in [2.24, 2.45) is 0 Å². The van der Waals surface area contributed by atoms with E-state index in [0.717, 1.165) is 5.52 Å². The van der Waals surface area contributed by atoms with E-state index in [0.29, 0.717) is 0 Å². The van der Waals surface area contributed by atoms with Crippen LogP contribution in [0.4, 0.5) is 0 Å². The van der Waals surface area contributed by atoms with Crippen LogP contribution in [0.3, 0.4) is 0 Å². The van der Waals surface area contributed by atoms with Gasteiger partial charge in [0.05, 0.1) is 17.7 Å². The van der Waals surface area contributed by atoms with E-state index in [1.807, 2.05) is 12.3 Å². The molecule has 1 aliphatic rings. The first kappa shape index (κ1) is 17.8. The summed E-state index contributed by atoms with van der Waals surface area (Å²) in [5.74, 6) is 0. The van der Waals surface area contributed by atoms with Crippen LogP contribution < -0.4 is 0 Å². The number of pyridine rings is 1. The maximum atomic E-state index is 9.21. The van der Waals surface area contributed by atoms with Crippen molar-refractivity contribution in [1.29, 1.82) is 0 Å². The van der Waals surface area contributed by atoms with E-state index in [4.69, 9.17) is 4.74 Å². The predicted octanol–water partition coefficient (Wildman–Crippen LogP) is 1.73. The minimum Gasteiger partial charge on any atom is -0.388 e. The molecule has 0 aliphatic carbocycles. The Morgan fingerprint density at radius 2 is 1.52 bits per heavy atom. The van der Waals surface area contributed by atoms with Crippen molar-refractivity contribution in [3.05, 3.63) is 41.6 Å². The van der Waals surface area contributed by atoms with Gasteiger partial charge in [-0.15, -0.1) is 0 Å². The lowest BCUT2D eigenvalue weighted by Crippen LogP contribution is -2.55. The van der Waals surface area contributed by atoms with E-state index in [2.05, 4.69) is 37.0 Å². The highest BCUT2D eigenvalue weighted by Crippen LogP contribution is 2.20. The van der Waals surface area contributed by atoms with Gasteiger partial charge in [0.1, 0.15) is 18.3 Å². The minimum absolute atomic E-state index is 0.414. The van der Waals surface area contributed by atoms with Crippen LogP contribution in [0.2, 0.25) is 0 Å². The van der Waals surface area contributed by atoms with Gasteiger partial charge in [0.15, 0.2) is 0 Å². The number of hydrogen-bond donors (Lipinski definition) is 3. The van der Waals surface area contributed by atoms with Gasteiger partial charge < -0.3 is 20.1 Å². The Morgan fingerprint density at radius 3 is 2.13 bits per heavy atom. The van der Waals surface area contributed by atoms with Gasteiger partial charge >= 0.3 is 0 Å². The molecule has 5 nitrogen and oxygen atoms in total. The van der Waals surface area contributed by atoms with E-state index in [-0.39, 0.29) is 0 Å². The molecule has 1 aromatic heterocycles. The number of benzene rings is 1. The predicted molar refractivity (Wildman–Crippen MR) is 89.2 cm³/mol. The third-order valence-corrected chi connectivity index (χ3v) is 4.21. The summed E-state index contributed by atoms with van der Waals surface area (Å²) in [6.07, 6.45) is -2.03. The molecule has 5 heteroatoms. The SMILES string of the molecule is CC1OC(C)C(O)C(O)C1O.Cc1ccc2c(C)ccnc2c1. The topological polar surface area (TPSA) is 82.8 Å². The van der Waals surface area contributed by atoms with E-state index >= 15 is 0 Å². The molecule has 0 spiro atoms. The molecule has 1 aliphatic heterocycles. The third kappa shape index (κ3) is 4.06. The molecule has 0 amide bonds. The maximum absolute atomic E-state index is 9.21. The van der Waals surface area contributed by atoms with Gasteiger partial charge in [0, 0.05) is 11.6 Å². The first-order valence-corrected chi connectivity index (χ1v) is 7.83. The second kappa shape index (κ2) is 7.36. The Bertz CT molecular complexity index is 647. The standard InChI is InChI=1S/C11H11N.C7H14O4/c1-8-3-4-10-9(2)5-6-12-11(10)7-8;1-3-5(8)7(10)6(9)4(2)11-3/h3-7H,1-2H3;3-10H,1-2H3. The van der Waals surface area contributed by atoms with Crippen LogP contribution in [0.15, 0.2) is 30.5 Å². The highest BCUT2D eigenvalue weighted by molar-refractivity contribution is 5.82. The summed E-state index contributed by atoms with van der Waals surface area (Å²) in [4.78, 5) is 4.30. The number of nitrogens with zero attached hydrogens (tertiary/aromatic N) is 1. The molecule has 0 radical (unpaired) electrons. The molecule has 0 bridgehead atoms. The minimum atomic E-state index is -1.09. The van der Waals surface area contributed by atoms with Crippen molar-refractivity contribution in [3.63, 3.8) is 0 Å². The summed E-state index contributed by atoms with van der Waals surface area (Å²) < 4.78 is 5.12. The zero-order chi connectivity index (χ0) is 17.1. The van der Waals surface area contributed by atoms with E-state index in [1.165, 1.54) is 16.5 Å². The molecule has 2 heterocycles. The molecule has 1 aromatic carbocycles. The highest BCUT2D eigenvalue weighted by Gasteiger charge is 2.39. The summed E-state index contributed by atoms with van der Waals surface area (Å²) in [5, 5.41) is 28.9. The van der Waals surface area contributed by atoms with Crippen LogP contribution in [0.5, 0.6) is 0 Å². The van der Waals surface area contributed by atoms with Crippen LogP contribution in [0, 0.1) is 13.8 Å². The van der Waals surface area contributed by atoms with Gasteiger partial charge in [0.25, 0.3) is 0 Å². The number of aryl methyl sites for hydroxylation is 2. The highest BCUT2D eigenvalue weighted by atomic mass is 16.5. The quantitative estimate of drug-likeness (QED) is 0.689. The van der Waals surface area contributed by atoms with Crippen LogP contribution in [0.1, 0.15) is 25.0 Å². The zero-order valence-corrected chi connectivity index (χ0v) is 14.0. The lowest BCUT2D eigenvalue weighted by Gasteiger charge is -2.37. The summed E-state index contributed by atoms with van der Waals surface area (Å²) in [6, 6.07) is 8.41. The van der Waals surface area contributed by atoms with Crippen LogP contribution in [-0.4, -0.2) is 50.8 Å². The molecular formula is C18H25NO4. The van der Waals surface area contributed by atoms with Crippen LogP contribution >= 0.6 is 0 Å². The summed E-state index contributed by atoms with van der Waals surface area (Å²) in [5.41, 5.74) is 3.65. The number of fused-ring (bicyclic) bond motifs is 1. The fraction of sp³-hybridized carbons (Fsp3) is 0.500. The molecule has 126 valence electrons. The first-order chi connectivity index (χ1) is 10.8. The fourth-order valence-corrected chi connectivity index (χ4v) is 2.66. The molecule has 1 saturated heterocycles. The molecule has 3 N–H and O–H groups in total. The van der Waals surface area contributed by atoms with Gasteiger partial charge in [-0.3, -0.25) is 4.98 Å². The monoisotopic (exact) mass is 319 g/mol. The van der Waals surface area contributed by atoms with E-state index < -0.39 is 30.5 Å². The molecule has 4 unspecified atom stereocenters. The van der Waals surface area contributed by atoms with Crippen LogP contribution in [-0.2, 0) is 4.74 Å². The number of rotatable bonds is 0. The summed E-state index contributed by atoms with van der Waals surface area (Å²) in [7, 11) is 0. The Hall–Kier alpha value is -1.53. The normalized spacial score (nSPS) is 30.7. The Morgan fingerprint density at radius 1 is 0.913 bits per heavy atom. The van der Waals surface area contributed by atoms with E-state index in [9.17, 15) is 15.3 Å². The Balaban J connectivity index is 0.000000168. The van der Waals surface area contributed by atoms with Crippen molar-refractivity contribution in [2.75, 3.05) is 0 Å². The summed E-state index contributed by atoms with van der Waals surface area (Å²) >= 11 is 0. The molecule has 1 fully saturated rings. The van der Waals surface area contributed by atoms with Crippen molar-refractivity contribution in [3.8, 4) is 0 Å². The van der Waals surface area contributed by atoms with Crippen molar-refractivity contribution >= 4 is 10.9 Å². The fourth-order valence-electron chi connectivity index (χ4n) is 2.66. The Labute approximate surface area is 136 Å². The number of ether oxygens (including phenoxy) is 1. The number of aromatic nitrogens is 1. The van der Waals surface area contributed by atoms with Crippen molar-refractivity contribution in [1.82, 2.24) is 4.98 Å². The molecule has 0 saturated carbocycles. The molecular weight excluding hydrogens is 294 g/mol. The zero-order valence-electron chi connectivity index (χ0n) is 14.0. The summed E-state index contributed by atoms with van der Waals surface area (Å²) in [6.45, 7) is 7.52. The molecule has 2 aromatic rings. The molecule has 23 heavy (non-hydrogen) atoms. The second-order valence-corrected chi connectivity index (χ2v) is 6.17. The lowest BCUT2D eigenvalue weighted by atomic mass is 9.97. The van der Waals surface area contributed by atoms with Crippen molar-refractivity contribution < 1.29 is 20.1 Å². The van der Waals surface area contributed by atoms with Gasteiger partial charge in [-0.25, -0.2) is 0 Å². The van der Waals surface area contributed by atoms with Gasteiger partial charge in [0.2, 0.25) is 0 Å². The third-order valence-electron chi connectivity index (χ3n) is 4.21. The molecule has 3 rings (SSSR count). The Kier molecular flexibility index (Phi) is 5.70. The van der Waals surface area contributed by atoms with Gasteiger partial charge in [-0.2, -0.15) is 0 Å². The van der Waals surface area contributed by atoms with E-state index in [1.54, 1.807) is 13.8 Å². The van der Waals surface area contributed by atoms with Crippen LogP contribution in [0.25, 0.3) is 10.9 Å². The number of aliphatic hydroxyl groups excluding tert-OH is 3. The average Bonchev–Trinajstić information content (AvgIpc) is 2.52. The number of hydrogen-bond acceptors (Lipinski definition) is 5. The smallest absolute Gasteiger partial charge is 0.111 e. The first-order valence-electron chi connectivity index (χ1n) is 7.83. The molecule has 4 atom stereocenters. The maximum Gasteiger partial charge on any atom is 0.111 e. The largest absolute Gasteiger partial charge is 0.388 e.